The number of hydrogen-bond donors (Lipinski definition) is 3. The average Bonchev–Trinajstić information content (AvgIpc) is 2.74. The molecule has 0 aliphatic carbocycles. The molecule has 10 heteroatoms. The maximum atomic E-state index is 9.00. The first-order valence-corrected chi connectivity index (χ1v) is 5.89. The molecule has 0 fully saturated rings. The van der Waals surface area contributed by atoms with Crippen LogP contribution in [0.25, 0.3) is 11.2 Å². The van der Waals surface area contributed by atoms with Gasteiger partial charge in [-0.2, -0.15) is 9.97 Å². The van der Waals surface area contributed by atoms with Crippen LogP contribution in [0.1, 0.15) is 6.42 Å². The zero-order chi connectivity index (χ0) is 13.1. The third-order valence-electron chi connectivity index (χ3n) is 2.73. The van der Waals surface area contributed by atoms with E-state index in [1.165, 1.54) is 0 Å². The third kappa shape index (κ3) is 5.26. The molecular weight excluding hydrogens is 712 g/mol. The smallest absolute Gasteiger partial charge is 0.223 e. The van der Waals surface area contributed by atoms with Crippen LogP contribution in [0, 0.1) is 94.0 Å². The number of aryl methyl sites for hydroxylation is 1. The number of fused-ring (bicyclic) bond motifs is 1. The van der Waals surface area contributed by atoms with E-state index in [1.807, 2.05) is 0 Å². The van der Waals surface area contributed by atoms with Crippen LogP contribution in [0.5, 0.6) is 0 Å². The van der Waals surface area contributed by atoms with Crippen molar-refractivity contribution >= 4 is 28.7 Å². The van der Waals surface area contributed by atoms with E-state index in [2.05, 4.69) is 15.0 Å². The van der Waals surface area contributed by atoms with Gasteiger partial charge in [0.15, 0.2) is 10.8 Å². The zero-order valence-electron chi connectivity index (χ0n) is 10.8. The molecule has 2 rings (SSSR count). The van der Waals surface area contributed by atoms with Gasteiger partial charge in [-0.3, -0.25) is 0 Å². The normalized spacial score (nSPS) is 10.4. The molecule has 0 unspecified atom stereocenters. The fourth-order valence-electron chi connectivity index (χ4n) is 1.65. The Morgan fingerprint density at radius 3 is 2.50 bits per heavy atom. The van der Waals surface area contributed by atoms with Crippen molar-refractivity contribution in [1.82, 2.24) is 19.5 Å². The van der Waals surface area contributed by atoms with Gasteiger partial charge in [0.2, 0.25) is 5.95 Å². The van der Waals surface area contributed by atoms with Gasteiger partial charge in [-0.05, 0) is 6.42 Å². The van der Waals surface area contributed by atoms with E-state index < -0.39 is 0 Å². The fraction of sp³-hybridized carbons (Fsp3) is 0.500. The molecule has 2 aromatic heterocycles. The molecule has 2 radical (unpaired) electrons. The van der Waals surface area contributed by atoms with Gasteiger partial charge in [-0.1, -0.05) is 11.6 Å². The first kappa shape index (κ1) is 21.4. The molecule has 0 bridgehead atoms. The fourth-order valence-corrected chi connectivity index (χ4v) is 1.87. The van der Waals surface area contributed by atoms with Crippen molar-refractivity contribution in [3.8, 4) is 0 Å². The van der Waals surface area contributed by atoms with E-state index in [9.17, 15) is 0 Å². The van der Waals surface area contributed by atoms with E-state index in [0.29, 0.717) is 24.1 Å². The van der Waals surface area contributed by atoms with Crippen LogP contribution in [0.3, 0.4) is 0 Å². The second kappa shape index (κ2) is 10.3. The molecule has 2 heterocycles. The molecule has 0 aliphatic heterocycles. The summed E-state index contributed by atoms with van der Waals surface area (Å²) >= 11 is 5.91. The van der Waals surface area contributed by atoms with Crippen molar-refractivity contribution in [2.24, 2.45) is 5.92 Å². The van der Waals surface area contributed by atoms with Crippen LogP contribution in [-0.4, -0.2) is 42.9 Å². The number of aliphatic hydroxyl groups excluding tert-OH is 2. The minimum Gasteiger partial charge on any atom is -0.396 e. The number of aromatic nitrogens is 4. The van der Waals surface area contributed by atoms with Crippen molar-refractivity contribution in [3.63, 3.8) is 0 Å². The second-order valence-corrected chi connectivity index (χ2v) is 4.36. The molecule has 2 aromatic rings. The Kier molecular flexibility index (Phi) is 11.0. The Hall–Kier alpha value is 1.44. The van der Waals surface area contributed by atoms with E-state index in [-0.39, 0.29) is 118 Å². The molecule has 104 valence electrons. The number of nitrogens with zero attached hydrogens (tertiary/aromatic N) is 4. The molecule has 7 nitrogen and oxygen atoms in total. The minimum absolute atomic E-state index is 0. The second-order valence-electron chi connectivity index (χ2n) is 4.00. The number of nitrogens with two attached hydrogens (primary N) is 1. The van der Waals surface area contributed by atoms with Gasteiger partial charge < -0.3 is 20.5 Å². The predicted molar refractivity (Wildman–Crippen MR) is 67.0 cm³/mol. The van der Waals surface area contributed by atoms with Gasteiger partial charge >= 0.3 is 0 Å². The van der Waals surface area contributed by atoms with Crippen molar-refractivity contribution in [2.75, 3.05) is 18.9 Å². The Labute approximate surface area is 192 Å². The number of rotatable bonds is 5. The molecule has 0 spiro atoms. The number of nitrogen functional groups attached to an aromatic ring is 1. The van der Waals surface area contributed by atoms with Gasteiger partial charge in [0.1, 0.15) is 5.52 Å². The van der Waals surface area contributed by atoms with Gasteiger partial charge in [-0.25, -0.2) is 4.98 Å². The topological polar surface area (TPSA) is 110 Å². The van der Waals surface area contributed by atoms with E-state index >= 15 is 0 Å². The summed E-state index contributed by atoms with van der Waals surface area (Å²) in [5, 5.41) is 18.2. The maximum Gasteiger partial charge on any atom is 0.223 e. The van der Waals surface area contributed by atoms with Crippen LogP contribution in [-0.2, 0) is 6.54 Å². The summed E-state index contributed by atoms with van der Waals surface area (Å²) < 4.78 is 1.78. The number of halogens is 1. The van der Waals surface area contributed by atoms with Gasteiger partial charge in [0, 0.05) is 114 Å². The Bertz CT molecular complexity index is 550. The molecule has 0 aliphatic rings. The maximum absolute atomic E-state index is 9.00. The molecule has 0 saturated carbocycles. The van der Waals surface area contributed by atoms with Crippen LogP contribution in [0.15, 0.2) is 6.33 Å². The zero-order valence-corrected chi connectivity index (χ0v) is 21.0. The molecule has 4 N–H and O–H groups in total. The standard InChI is InChI=1S/C10H14ClN5O2.2Ac/c11-8-7-9(15-10(12)14-8)16(5-13-7)2-1-6(3-17)4-18;;/h5-6,17-18H,1-4H2,(H2,12,14,15);;. The third-order valence-corrected chi connectivity index (χ3v) is 3.00. The van der Waals surface area contributed by atoms with E-state index in [0.717, 1.165) is 0 Å². The average molecular weight is 726 g/mol. The Morgan fingerprint density at radius 2 is 1.90 bits per heavy atom. The Balaban J connectivity index is 0.00000180. The summed E-state index contributed by atoms with van der Waals surface area (Å²) in [5.74, 6) is -0.0628. The number of hydrogen-bond acceptors (Lipinski definition) is 6. The van der Waals surface area contributed by atoms with Crippen LogP contribution in [0.2, 0.25) is 5.15 Å². The number of aliphatic hydroxyl groups is 2. The predicted octanol–water partition coefficient (Wildman–Crippen LogP) is 0.0528. The van der Waals surface area contributed by atoms with E-state index in [4.69, 9.17) is 27.5 Å². The molecule has 0 amide bonds. The van der Waals surface area contributed by atoms with Crippen LogP contribution < -0.4 is 5.73 Å². The first-order chi connectivity index (χ1) is 8.65. The van der Waals surface area contributed by atoms with Crippen molar-refractivity contribution < 1.29 is 98.3 Å². The molecule has 0 aromatic carbocycles. The quantitative estimate of drug-likeness (QED) is 0.377. The van der Waals surface area contributed by atoms with Gasteiger partial charge in [-0.15, -0.1) is 0 Å². The summed E-state index contributed by atoms with van der Waals surface area (Å²) in [6.07, 6.45) is 2.20. The van der Waals surface area contributed by atoms with Crippen molar-refractivity contribution in [1.29, 1.82) is 0 Å². The summed E-state index contributed by atoms with van der Waals surface area (Å²) in [6, 6.07) is 0. The van der Waals surface area contributed by atoms with Crippen molar-refractivity contribution in [2.45, 2.75) is 13.0 Å². The summed E-state index contributed by atoms with van der Waals surface area (Å²) in [7, 11) is 0. The SMILES string of the molecule is Nc1nc(Cl)c2ncn(CCC(CO)CO)c2n1.[Ac].[Ac]. The summed E-state index contributed by atoms with van der Waals surface area (Å²) in [4.78, 5) is 12.0. The molecule has 20 heavy (non-hydrogen) atoms. The van der Waals surface area contributed by atoms with Crippen molar-refractivity contribution in [3.05, 3.63) is 11.5 Å². The number of imidazole rings is 1. The van der Waals surface area contributed by atoms with Crippen LogP contribution >= 0.6 is 11.6 Å². The molecule has 0 atom stereocenters. The summed E-state index contributed by atoms with van der Waals surface area (Å²) in [6.45, 7) is 0.455. The van der Waals surface area contributed by atoms with Gasteiger partial charge in [0.25, 0.3) is 0 Å². The largest absolute Gasteiger partial charge is 0.396 e. The monoisotopic (exact) mass is 725 g/mol. The van der Waals surface area contributed by atoms with E-state index in [1.54, 1.807) is 10.9 Å². The molecular formula is C10H14Ac2ClN5O2. The van der Waals surface area contributed by atoms with Gasteiger partial charge in [0.05, 0.1) is 6.33 Å². The minimum atomic E-state index is -0.155. The van der Waals surface area contributed by atoms with Crippen LogP contribution in [0.4, 0.5) is 5.95 Å². The summed E-state index contributed by atoms with van der Waals surface area (Å²) in [5.41, 5.74) is 6.59. The molecule has 0 saturated heterocycles. The number of anilines is 1. The first-order valence-electron chi connectivity index (χ1n) is 5.51. The Morgan fingerprint density at radius 1 is 1.25 bits per heavy atom.